The first-order valence-corrected chi connectivity index (χ1v) is 6.82. The fourth-order valence-electron chi connectivity index (χ4n) is 2.66. The lowest BCUT2D eigenvalue weighted by Crippen LogP contribution is -2.27. The molecule has 0 heterocycles. The number of anilines is 1. The molecule has 1 aromatic rings. The molecule has 1 aliphatic carbocycles. The van der Waals surface area contributed by atoms with Gasteiger partial charge in [0.05, 0.1) is 0 Å². The van der Waals surface area contributed by atoms with Crippen molar-refractivity contribution in [3.63, 3.8) is 0 Å². The number of benzene rings is 1. The number of rotatable bonds is 3. The van der Waals surface area contributed by atoms with Gasteiger partial charge in [0.25, 0.3) is 0 Å². The molecule has 1 fully saturated rings. The second-order valence-electron chi connectivity index (χ2n) is 5.44. The second kappa shape index (κ2) is 6.06. The van der Waals surface area contributed by atoms with Crippen molar-refractivity contribution in [2.75, 3.05) is 5.73 Å². The van der Waals surface area contributed by atoms with Gasteiger partial charge >= 0.3 is 0 Å². The molecule has 1 saturated carbocycles. The highest BCUT2D eigenvalue weighted by molar-refractivity contribution is 5.40. The lowest BCUT2D eigenvalue weighted by Gasteiger charge is -2.16. The first kappa shape index (κ1) is 12.4. The van der Waals surface area contributed by atoms with E-state index in [4.69, 9.17) is 5.73 Å². The third-order valence-electron chi connectivity index (χ3n) is 3.80. The molecule has 2 unspecified atom stereocenters. The Morgan fingerprint density at radius 3 is 2.94 bits per heavy atom. The molecule has 2 heteroatoms. The second-order valence-corrected chi connectivity index (χ2v) is 5.44. The van der Waals surface area contributed by atoms with Crippen LogP contribution in [0.25, 0.3) is 0 Å². The lowest BCUT2D eigenvalue weighted by molar-refractivity contribution is 0.447. The zero-order valence-electron chi connectivity index (χ0n) is 10.8. The summed E-state index contributed by atoms with van der Waals surface area (Å²) in [6.07, 6.45) is 6.79. The Labute approximate surface area is 105 Å². The Morgan fingerprint density at radius 2 is 2.12 bits per heavy atom. The number of nitrogen functional groups attached to an aromatic ring is 1. The number of nitrogens with two attached hydrogens (primary N) is 1. The van der Waals surface area contributed by atoms with E-state index in [2.05, 4.69) is 24.4 Å². The summed E-state index contributed by atoms with van der Waals surface area (Å²) in [6.45, 7) is 3.32. The summed E-state index contributed by atoms with van der Waals surface area (Å²) in [5.41, 5.74) is 7.94. The van der Waals surface area contributed by atoms with Gasteiger partial charge in [0.2, 0.25) is 0 Å². The first-order valence-electron chi connectivity index (χ1n) is 6.82. The Bertz CT molecular complexity index is 349. The largest absolute Gasteiger partial charge is 0.399 e. The average molecular weight is 232 g/mol. The van der Waals surface area contributed by atoms with Crippen molar-refractivity contribution in [1.82, 2.24) is 5.32 Å². The van der Waals surface area contributed by atoms with Gasteiger partial charge in [0.1, 0.15) is 0 Å². The summed E-state index contributed by atoms with van der Waals surface area (Å²) >= 11 is 0. The molecule has 2 rings (SSSR count). The summed E-state index contributed by atoms with van der Waals surface area (Å²) in [5, 5.41) is 3.67. The molecule has 2 nitrogen and oxygen atoms in total. The Balaban J connectivity index is 1.81. The highest BCUT2D eigenvalue weighted by Crippen LogP contribution is 2.22. The van der Waals surface area contributed by atoms with Crippen LogP contribution in [0.15, 0.2) is 24.3 Å². The van der Waals surface area contributed by atoms with Gasteiger partial charge in [-0.05, 0) is 42.9 Å². The summed E-state index contributed by atoms with van der Waals surface area (Å²) in [7, 11) is 0. The molecule has 17 heavy (non-hydrogen) atoms. The van der Waals surface area contributed by atoms with Gasteiger partial charge in [-0.2, -0.15) is 0 Å². The van der Waals surface area contributed by atoms with E-state index >= 15 is 0 Å². The molecule has 0 spiro atoms. The molecular weight excluding hydrogens is 208 g/mol. The van der Waals surface area contributed by atoms with E-state index in [1.54, 1.807) is 0 Å². The monoisotopic (exact) mass is 232 g/mol. The van der Waals surface area contributed by atoms with Gasteiger partial charge in [0, 0.05) is 18.3 Å². The summed E-state index contributed by atoms with van der Waals surface area (Å²) in [5.74, 6) is 0.911. The third-order valence-corrected chi connectivity index (χ3v) is 3.80. The smallest absolute Gasteiger partial charge is 0.0317 e. The van der Waals surface area contributed by atoms with Crippen LogP contribution in [0.2, 0.25) is 0 Å². The standard InChI is InChI=1S/C15H24N2/c1-12-4-2-7-15(9-8-12)17-11-13-5-3-6-14(16)10-13/h3,5-6,10,12,15,17H,2,4,7-9,11,16H2,1H3. The van der Waals surface area contributed by atoms with Gasteiger partial charge in [-0.15, -0.1) is 0 Å². The molecule has 2 atom stereocenters. The van der Waals surface area contributed by atoms with Crippen molar-refractivity contribution in [3.8, 4) is 0 Å². The number of nitrogens with one attached hydrogen (secondary N) is 1. The number of hydrogen-bond donors (Lipinski definition) is 2. The predicted octanol–water partition coefficient (Wildman–Crippen LogP) is 3.33. The predicted molar refractivity (Wildman–Crippen MR) is 73.7 cm³/mol. The van der Waals surface area contributed by atoms with Crippen molar-refractivity contribution in [2.45, 2.75) is 51.6 Å². The van der Waals surface area contributed by atoms with Crippen molar-refractivity contribution in [3.05, 3.63) is 29.8 Å². The van der Waals surface area contributed by atoms with Crippen LogP contribution >= 0.6 is 0 Å². The molecule has 0 bridgehead atoms. The maximum Gasteiger partial charge on any atom is 0.0317 e. The van der Waals surface area contributed by atoms with Crippen LogP contribution in [0.5, 0.6) is 0 Å². The van der Waals surface area contributed by atoms with Gasteiger partial charge < -0.3 is 11.1 Å². The fraction of sp³-hybridized carbons (Fsp3) is 0.600. The van der Waals surface area contributed by atoms with E-state index in [9.17, 15) is 0 Å². The van der Waals surface area contributed by atoms with Gasteiger partial charge in [0.15, 0.2) is 0 Å². The van der Waals surface area contributed by atoms with E-state index in [0.717, 1.165) is 18.2 Å². The van der Waals surface area contributed by atoms with E-state index in [1.807, 2.05) is 12.1 Å². The normalized spacial score (nSPS) is 25.5. The summed E-state index contributed by atoms with van der Waals surface area (Å²) < 4.78 is 0. The quantitative estimate of drug-likeness (QED) is 0.619. The van der Waals surface area contributed by atoms with Crippen molar-refractivity contribution < 1.29 is 0 Å². The van der Waals surface area contributed by atoms with Crippen LogP contribution in [-0.2, 0) is 6.54 Å². The third kappa shape index (κ3) is 4.04. The highest BCUT2D eigenvalue weighted by Gasteiger charge is 2.15. The van der Waals surface area contributed by atoms with Crippen molar-refractivity contribution in [1.29, 1.82) is 0 Å². The van der Waals surface area contributed by atoms with Crippen LogP contribution in [0.3, 0.4) is 0 Å². The van der Waals surface area contributed by atoms with Gasteiger partial charge in [-0.25, -0.2) is 0 Å². The van der Waals surface area contributed by atoms with E-state index < -0.39 is 0 Å². The van der Waals surface area contributed by atoms with Crippen molar-refractivity contribution in [2.24, 2.45) is 5.92 Å². The van der Waals surface area contributed by atoms with Crippen LogP contribution in [0, 0.1) is 5.92 Å². The van der Waals surface area contributed by atoms with E-state index in [-0.39, 0.29) is 0 Å². The van der Waals surface area contributed by atoms with Crippen LogP contribution < -0.4 is 11.1 Å². The molecule has 0 radical (unpaired) electrons. The molecular formula is C15H24N2. The average Bonchev–Trinajstić information content (AvgIpc) is 2.52. The molecule has 0 aromatic heterocycles. The van der Waals surface area contributed by atoms with Crippen LogP contribution in [0.4, 0.5) is 5.69 Å². The van der Waals surface area contributed by atoms with Gasteiger partial charge in [-0.3, -0.25) is 0 Å². The fourth-order valence-corrected chi connectivity index (χ4v) is 2.66. The summed E-state index contributed by atoms with van der Waals surface area (Å²) in [6, 6.07) is 8.87. The minimum absolute atomic E-state index is 0.696. The molecule has 1 aromatic carbocycles. The SMILES string of the molecule is CC1CCCC(NCc2cccc(N)c2)CC1. The molecule has 1 aliphatic rings. The van der Waals surface area contributed by atoms with Crippen LogP contribution in [-0.4, -0.2) is 6.04 Å². The minimum Gasteiger partial charge on any atom is -0.399 e. The van der Waals surface area contributed by atoms with E-state index in [0.29, 0.717) is 6.04 Å². The maximum atomic E-state index is 5.78. The first-order chi connectivity index (χ1) is 8.24. The molecule has 0 amide bonds. The summed E-state index contributed by atoms with van der Waals surface area (Å²) in [4.78, 5) is 0. The van der Waals surface area contributed by atoms with Crippen molar-refractivity contribution >= 4 is 5.69 Å². The zero-order chi connectivity index (χ0) is 12.1. The molecule has 0 saturated heterocycles. The highest BCUT2D eigenvalue weighted by atomic mass is 14.9. The number of hydrogen-bond acceptors (Lipinski definition) is 2. The molecule has 3 N–H and O–H groups in total. The minimum atomic E-state index is 0.696. The Hall–Kier alpha value is -1.02. The maximum absolute atomic E-state index is 5.78. The lowest BCUT2D eigenvalue weighted by atomic mass is 10.0. The Kier molecular flexibility index (Phi) is 4.43. The van der Waals surface area contributed by atoms with Gasteiger partial charge in [-0.1, -0.05) is 31.9 Å². The van der Waals surface area contributed by atoms with Crippen LogP contribution in [0.1, 0.15) is 44.6 Å². The molecule has 0 aliphatic heterocycles. The Morgan fingerprint density at radius 1 is 1.24 bits per heavy atom. The zero-order valence-corrected chi connectivity index (χ0v) is 10.8. The topological polar surface area (TPSA) is 38.0 Å². The van der Waals surface area contributed by atoms with E-state index in [1.165, 1.54) is 37.7 Å². The molecule has 94 valence electrons.